The summed E-state index contributed by atoms with van der Waals surface area (Å²) in [5.41, 5.74) is 0. The Labute approximate surface area is 89.6 Å². The van der Waals surface area contributed by atoms with E-state index in [9.17, 15) is 0 Å². The van der Waals surface area contributed by atoms with Crippen LogP contribution < -0.4 is 10.6 Å². The van der Waals surface area contributed by atoms with Crippen molar-refractivity contribution in [1.29, 1.82) is 0 Å². The summed E-state index contributed by atoms with van der Waals surface area (Å²) < 4.78 is 4.91. The van der Waals surface area contributed by atoms with Crippen molar-refractivity contribution in [1.82, 2.24) is 20.8 Å². The molecule has 1 aliphatic rings. The van der Waals surface area contributed by atoms with Gasteiger partial charge in [0.1, 0.15) is 0 Å². The molecule has 1 fully saturated rings. The first-order chi connectivity index (χ1) is 7.34. The summed E-state index contributed by atoms with van der Waals surface area (Å²) in [7, 11) is 0. The average molecular weight is 210 g/mol. The third-order valence-electron chi connectivity index (χ3n) is 2.65. The SMILES string of the molecule is Cc1nc(CCNC2CCCNC2)no1. The van der Waals surface area contributed by atoms with Crippen molar-refractivity contribution >= 4 is 0 Å². The van der Waals surface area contributed by atoms with Crippen LogP contribution in [0.2, 0.25) is 0 Å². The Bertz CT molecular complexity index is 293. The molecule has 5 heteroatoms. The standard InChI is InChI=1S/C10H18N4O/c1-8-13-10(14-15-8)4-6-12-9-3-2-5-11-7-9/h9,11-12H,2-7H2,1H3. The van der Waals surface area contributed by atoms with E-state index in [1.165, 1.54) is 12.8 Å². The fraction of sp³-hybridized carbons (Fsp3) is 0.800. The molecule has 1 aromatic rings. The third kappa shape index (κ3) is 3.28. The highest BCUT2D eigenvalue weighted by molar-refractivity contribution is 4.85. The Hall–Kier alpha value is -0.940. The Balaban J connectivity index is 1.65. The number of nitrogens with zero attached hydrogens (tertiary/aromatic N) is 2. The summed E-state index contributed by atoms with van der Waals surface area (Å²) in [5, 5.41) is 10.7. The van der Waals surface area contributed by atoms with Crippen molar-refractivity contribution in [2.45, 2.75) is 32.2 Å². The number of piperidine rings is 1. The summed E-state index contributed by atoms with van der Waals surface area (Å²) in [4.78, 5) is 4.16. The van der Waals surface area contributed by atoms with Gasteiger partial charge >= 0.3 is 0 Å². The molecule has 0 amide bonds. The van der Waals surface area contributed by atoms with Gasteiger partial charge in [0.2, 0.25) is 5.89 Å². The molecule has 0 radical (unpaired) electrons. The molecule has 0 saturated carbocycles. The van der Waals surface area contributed by atoms with Crippen molar-refractivity contribution < 1.29 is 4.52 Å². The molecule has 0 spiro atoms. The van der Waals surface area contributed by atoms with Gasteiger partial charge in [0.15, 0.2) is 5.82 Å². The molecule has 1 saturated heterocycles. The topological polar surface area (TPSA) is 63.0 Å². The zero-order valence-corrected chi connectivity index (χ0v) is 9.12. The van der Waals surface area contributed by atoms with Gasteiger partial charge in [0.05, 0.1) is 0 Å². The van der Waals surface area contributed by atoms with Gasteiger partial charge in [-0.25, -0.2) is 0 Å². The summed E-state index contributed by atoms with van der Waals surface area (Å²) >= 11 is 0. The normalized spacial score (nSPS) is 21.8. The lowest BCUT2D eigenvalue weighted by atomic mass is 10.1. The van der Waals surface area contributed by atoms with Crippen LogP contribution in [0.3, 0.4) is 0 Å². The summed E-state index contributed by atoms with van der Waals surface area (Å²) in [5.74, 6) is 1.44. The van der Waals surface area contributed by atoms with Crippen LogP contribution in [0.4, 0.5) is 0 Å². The van der Waals surface area contributed by atoms with Crippen molar-refractivity contribution in [3.63, 3.8) is 0 Å². The van der Waals surface area contributed by atoms with Gasteiger partial charge in [-0.3, -0.25) is 0 Å². The Kier molecular flexibility index (Phi) is 3.69. The van der Waals surface area contributed by atoms with Gasteiger partial charge in [0.25, 0.3) is 0 Å². The van der Waals surface area contributed by atoms with Gasteiger partial charge in [-0.05, 0) is 19.4 Å². The van der Waals surface area contributed by atoms with Crippen LogP contribution in [0.25, 0.3) is 0 Å². The zero-order chi connectivity index (χ0) is 10.5. The van der Waals surface area contributed by atoms with E-state index in [1.807, 2.05) is 6.92 Å². The van der Waals surface area contributed by atoms with Gasteiger partial charge in [-0.15, -0.1) is 0 Å². The van der Waals surface area contributed by atoms with Crippen LogP contribution in [0.1, 0.15) is 24.6 Å². The van der Waals surface area contributed by atoms with E-state index in [4.69, 9.17) is 4.52 Å². The molecule has 84 valence electrons. The summed E-state index contributed by atoms with van der Waals surface area (Å²) in [6.45, 7) is 4.97. The lowest BCUT2D eigenvalue weighted by Gasteiger charge is -2.23. The number of hydrogen-bond acceptors (Lipinski definition) is 5. The van der Waals surface area contributed by atoms with Crippen LogP contribution in [0, 0.1) is 6.92 Å². The largest absolute Gasteiger partial charge is 0.340 e. The second-order valence-electron chi connectivity index (χ2n) is 3.98. The molecule has 1 aromatic heterocycles. The molecule has 0 aromatic carbocycles. The first kappa shape index (κ1) is 10.6. The van der Waals surface area contributed by atoms with Crippen molar-refractivity contribution in [3.05, 3.63) is 11.7 Å². The highest BCUT2D eigenvalue weighted by Gasteiger charge is 2.11. The molecular formula is C10H18N4O. The summed E-state index contributed by atoms with van der Waals surface area (Å²) in [6.07, 6.45) is 3.37. The molecule has 2 N–H and O–H groups in total. The lowest BCUT2D eigenvalue weighted by molar-refractivity contribution is 0.378. The maximum Gasteiger partial charge on any atom is 0.223 e. The molecule has 1 atom stereocenters. The highest BCUT2D eigenvalue weighted by Crippen LogP contribution is 2.01. The fourth-order valence-electron chi connectivity index (χ4n) is 1.86. The van der Waals surface area contributed by atoms with Gasteiger partial charge in [-0.1, -0.05) is 5.16 Å². The predicted molar refractivity (Wildman–Crippen MR) is 56.6 cm³/mol. The quantitative estimate of drug-likeness (QED) is 0.746. The molecule has 0 bridgehead atoms. The van der Waals surface area contributed by atoms with E-state index in [0.29, 0.717) is 11.9 Å². The molecular weight excluding hydrogens is 192 g/mol. The average Bonchev–Trinajstić information content (AvgIpc) is 2.66. The number of aromatic nitrogens is 2. The van der Waals surface area contributed by atoms with Gasteiger partial charge in [0, 0.05) is 32.5 Å². The Morgan fingerprint density at radius 2 is 2.53 bits per heavy atom. The third-order valence-corrected chi connectivity index (χ3v) is 2.65. The van der Waals surface area contributed by atoms with Crippen LogP contribution in [0.15, 0.2) is 4.52 Å². The first-order valence-electron chi connectivity index (χ1n) is 5.58. The second-order valence-corrected chi connectivity index (χ2v) is 3.98. The molecule has 2 heterocycles. The van der Waals surface area contributed by atoms with E-state index in [-0.39, 0.29) is 0 Å². The molecule has 5 nitrogen and oxygen atoms in total. The van der Waals surface area contributed by atoms with Crippen LogP contribution in [-0.2, 0) is 6.42 Å². The maximum atomic E-state index is 4.91. The number of rotatable bonds is 4. The maximum absolute atomic E-state index is 4.91. The molecule has 2 rings (SSSR count). The summed E-state index contributed by atoms with van der Waals surface area (Å²) in [6, 6.07) is 0.603. The monoisotopic (exact) mass is 210 g/mol. The van der Waals surface area contributed by atoms with E-state index < -0.39 is 0 Å². The van der Waals surface area contributed by atoms with E-state index in [1.54, 1.807) is 0 Å². The second kappa shape index (κ2) is 5.23. The van der Waals surface area contributed by atoms with Crippen LogP contribution >= 0.6 is 0 Å². The fourth-order valence-corrected chi connectivity index (χ4v) is 1.86. The van der Waals surface area contributed by atoms with Crippen LogP contribution in [0.5, 0.6) is 0 Å². The Morgan fingerprint density at radius 3 is 3.20 bits per heavy atom. The van der Waals surface area contributed by atoms with E-state index in [2.05, 4.69) is 20.8 Å². The van der Waals surface area contributed by atoms with Gasteiger partial charge < -0.3 is 15.2 Å². The predicted octanol–water partition coefficient (Wildman–Crippen LogP) is 0.262. The van der Waals surface area contributed by atoms with Gasteiger partial charge in [-0.2, -0.15) is 4.98 Å². The minimum absolute atomic E-state index is 0.603. The van der Waals surface area contributed by atoms with Crippen molar-refractivity contribution in [3.8, 4) is 0 Å². The Morgan fingerprint density at radius 1 is 1.60 bits per heavy atom. The van der Waals surface area contributed by atoms with Crippen LogP contribution in [-0.4, -0.2) is 35.8 Å². The lowest BCUT2D eigenvalue weighted by Crippen LogP contribution is -2.43. The minimum atomic E-state index is 0.603. The number of hydrogen-bond donors (Lipinski definition) is 2. The van der Waals surface area contributed by atoms with E-state index >= 15 is 0 Å². The number of aryl methyl sites for hydroxylation is 1. The first-order valence-corrected chi connectivity index (χ1v) is 5.58. The highest BCUT2D eigenvalue weighted by atomic mass is 16.5. The number of nitrogens with one attached hydrogen (secondary N) is 2. The molecule has 0 aliphatic carbocycles. The van der Waals surface area contributed by atoms with Crippen molar-refractivity contribution in [2.24, 2.45) is 0 Å². The minimum Gasteiger partial charge on any atom is -0.340 e. The molecule has 1 unspecified atom stereocenters. The van der Waals surface area contributed by atoms with E-state index in [0.717, 1.165) is 31.9 Å². The molecule has 1 aliphatic heterocycles. The smallest absolute Gasteiger partial charge is 0.223 e. The zero-order valence-electron chi connectivity index (χ0n) is 9.12. The molecule has 15 heavy (non-hydrogen) atoms. The van der Waals surface area contributed by atoms with Crippen molar-refractivity contribution in [2.75, 3.05) is 19.6 Å².